The average molecular weight is 364 g/mol. The lowest BCUT2D eigenvalue weighted by Gasteiger charge is -2.08. The number of guanidine groups is 1. The first-order chi connectivity index (χ1) is 13.1. The van der Waals surface area contributed by atoms with Gasteiger partial charge >= 0.3 is 0 Å². The second-order valence-electron chi connectivity index (χ2n) is 5.94. The summed E-state index contributed by atoms with van der Waals surface area (Å²) in [6.07, 6.45) is 2.60. The molecule has 138 valence electrons. The van der Waals surface area contributed by atoms with Gasteiger partial charge in [-0.15, -0.1) is 0 Å². The van der Waals surface area contributed by atoms with E-state index in [2.05, 4.69) is 28.3 Å². The molecule has 6 heteroatoms. The molecule has 0 fully saturated rings. The van der Waals surface area contributed by atoms with Gasteiger partial charge in [-0.1, -0.05) is 19.1 Å². The highest BCUT2D eigenvalue weighted by Crippen LogP contribution is 2.20. The second kappa shape index (κ2) is 8.80. The fraction of sp³-hybridized carbons (Fsp3) is 0.143. The first-order valence-electron chi connectivity index (χ1n) is 8.66. The minimum absolute atomic E-state index is 0.314. The number of nitrogens with two attached hydrogens (primary N) is 1. The number of anilines is 1. The maximum absolute atomic E-state index is 13.0. The molecular formula is C21H21FN4O. The minimum Gasteiger partial charge on any atom is -0.439 e. The highest BCUT2D eigenvalue weighted by Gasteiger charge is 2.02. The molecule has 1 heterocycles. The van der Waals surface area contributed by atoms with Crippen LogP contribution in [0.25, 0.3) is 0 Å². The SMILES string of the molecule is CCc1cccc(NC(N)=NCc2ccnc(Oc3ccc(F)cc3)c2)c1. The molecule has 2 aromatic carbocycles. The van der Waals surface area contributed by atoms with Gasteiger partial charge < -0.3 is 15.8 Å². The van der Waals surface area contributed by atoms with Crippen molar-refractivity contribution >= 4 is 11.6 Å². The third-order valence-corrected chi connectivity index (χ3v) is 3.87. The Labute approximate surface area is 157 Å². The number of hydrogen-bond donors (Lipinski definition) is 2. The zero-order valence-electron chi connectivity index (χ0n) is 15.0. The third kappa shape index (κ3) is 5.54. The van der Waals surface area contributed by atoms with Gasteiger partial charge in [0, 0.05) is 18.0 Å². The molecule has 0 atom stereocenters. The topological polar surface area (TPSA) is 72.5 Å². The molecule has 0 saturated heterocycles. The van der Waals surface area contributed by atoms with E-state index in [0.29, 0.717) is 24.1 Å². The molecule has 0 aliphatic rings. The predicted octanol–water partition coefficient (Wildman–Crippen LogP) is 4.50. The van der Waals surface area contributed by atoms with Gasteiger partial charge in [-0.3, -0.25) is 0 Å². The molecular weight excluding hydrogens is 343 g/mol. The number of halogens is 1. The zero-order chi connectivity index (χ0) is 19.1. The number of benzene rings is 2. The van der Waals surface area contributed by atoms with Crippen LogP contribution in [0.3, 0.4) is 0 Å². The van der Waals surface area contributed by atoms with Gasteiger partial charge in [0.05, 0.1) is 6.54 Å². The molecule has 27 heavy (non-hydrogen) atoms. The summed E-state index contributed by atoms with van der Waals surface area (Å²) in [5.41, 5.74) is 9.01. The van der Waals surface area contributed by atoms with E-state index in [4.69, 9.17) is 10.5 Å². The Morgan fingerprint density at radius 2 is 1.93 bits per heavy atom. The molecule has 0 amide bonds. The molecule has 0 spiro atoms. The molecule has 0 bridgehead atoms. The van der Waals surface area contributed by atoms with Crippen molar-refractivity contribution in [1.82, 2.24) is 4.98 Å². The van der Waals surface area contributed by atoms with Gasteiger partial charge in [0.25, 0.3) is 0 Å². The Balaban J connectivity index is 1.63. The van der Waals surface area contributed by atoms with Crippen molar-refractivity contribution < 1.29 is 9.13 Å². The lowest BCUT2D eigenvalue weighted by atomic mass is 10.1. The third-order valence-electron chi connectivity index (χ3n) is 3.87. The number of aliphatic imine (C=N–C) groups is 1. The van der Waals surface area contributed by atoms with Crippen LogP contribution in [0.15, 0.2) is 71.9 Å². The van der Waals surface area contributed by atoms with Gasteiger partial charge in [0.1, 0.15) is 11.6 Å². The summed E-state index contributed by atoms with van der Waals surface area (Å²) in [6, 6.07) is 17.4. The molecule has 0 aliphatic carbocycles. The largest absolute Gasteiger partial charge is 0.439 e. The van der Waals surface area contributed by atoms with E-state index in [1.807, 2.05) is 24.3 Å². The first-order valence-corrected chi connectivity index (χ1v) is 8.66. The molecule has 0 aliphatic heterocycles. The average Bonchev–Trinajstić information content (AvgIpc) is 2.69. The van der Waals surface area contributed by atoms with Crippen LogP contribution in [0, 0.1) is 5.82 Å². The maximum Gasteiger partial charge on any atom is 0.219 e. The van der Waals surface area contributed by atoms with Crippen molar-refractivity contribution in [1.29, 1.82) is 0 Å². The Bertz CT molecular complexity index is 925. The number of nitrogens with zero attached hydrogens (tertiary/aromatic N) is 2. The van der Waals surface area contributed by atoms with Crippen LogP contribution in [0.2, 0.25) is 0 Å². The van der Waals surface area contributed by atoms with Crippen LogP contribution in [-0.2, 0) is 13.0 Å². The van der Waals surface area contributed by atoms with Crippen molar-refractivity contribution in [2.75, 3.05) is 5.32 Å². The molecule has 3 rings (SSSR count). The van der Waals surface area contributed by atoms with E-state index in [0.717, 1.165) is 17.7 Å². The van der Waals surface area contributed by atoms with Crippen molar-refractivity contribution in [3.05, 3.63) is 83.8 Å². The van der Waals surface area contributed by atoms with Crippen LogP contribution in [0.4, 0.5) is 10.1 Å². The molecule has 0 unspecified atom stereocenters. The van der Waals surface area contributed by atoms with Crippen LogP contribution in [0.5, 0.6) is 11.6 Å². The van der Waals surface area contributed by atoms with Gasteiger partial charge in [-0.25, -0.2) is 14.4 Å². The lowest BCUT2D eigenvalue weighted by molar-refractivity contribution is 0.460. The van der Waals surface area contributed by atoms with E-state index in [1.54, 1.807) is 24.4 Å². The first kappa shape index (κ1) is 18.4. The Morgan fingerprint density at radius 3 is 2.70 bits per heavy atom. The van der Waals surface area contributed by atoms with Crippen molar-refractivity contribution in [3.8, 4) is 11.6 Å². The van der Waals surface area contributed by atoms with E-state index in [9.17, 15) is 4.39 Å². The summed E-state index contributed by atoms with van der Waals surface area (Å²) >= 11 is 0. The van der Waals surface area contributed by atoms with E-state index < -0.39 is 0 Å². The number of nitrogens with one attached hydrogen (secondary N) is 1. The Hall–Kier alpha value is -3.41. The summed E-state index contributed by atoms with van der Waals surface area (Å²) in [5.74, 6) is 0.949. The second-order valence-corrected chi connectivity index (χ2v) is 5.94. The number of aromatic nitrogens is 1. The standard InChI is InChI=1S/C21H21FN4O/c1-2-15-4-3-5-18(12-15)26-21(23)25-14-16-10-11-24-20(13-16)27-19-8-6-17(22)7-9-19/h3-13H,2,14H2,1H3,(H3,23,25,26). The van der Waals surface area contributed by atoms with Gasteiger partial charge in [-0.05, 0) is 60.0 Å². The maximum atomic E-state index is 13.0. The molecule has 0 saturated carbocycles. The van der Waals surface area contributed by atoms with Crippen LogP contribution in [-0.4, -0.2) is 10.9 Å². The number of pyridine rings is 1. The molecule has 3 N–H and O–H groups in total. The van der Waals surface area contributed by atoms with Crippen LogP contribution in [0.1, 0.15) is 18.1 Å². The van der Waals surface area contributed by atoms with Crippen molar-refractivity contribution in [3.63, 3.8) is 0 Å². The number of ether oxygens (including phenoxy) is 1. The lowest BCUT2D eigenvalue weighted by Crippen LogP contribution is -2.22. The Morgan fingerprint density at radius 1 is 1.11 bits per heavy atom. The predicted molar refractivity (Wildman–Crippen MR) is 105 cm³/mol. The monoisotopic (exact) mass is 364 g/mol. The summed E-state index contributed by atoms with van der Waals surface area (Å²) in [7, 11) is 0. The van der Waals surface area contributed by atoms with E-state index in [1.165, 1.54) is 17.7 Å². The van der Waals surface area contributed by atoms with Gasteiger partial charge in [0.15, 0.2) is 5.96 Å². The van der Waals surface area contributed by atoms with Crippen molar-refractivity contribution in [2.24, 2.45) is 10.7 Å². The van der Waals surface area contributed by atoms with E-state index >= 15 is 0 Å². The summed E-state index contributed by atoms with van der Waals surface area (Å²) in [5, 5.41) is 3.09. The highest BCUT2D eigenvalue weighted by molar-refractivity contribution is 5.92. The fourth-order valence-electron chi connectivity index (χ4n) is 2.46. The highest BCUT2D eigenvalue weighted by atomic mass is 19.1. The Kier molecular flexibility index (Phi) is 5.99. The quantitative estimate of drug-likeness (QED) is 0.499. The molecule has 1 aromatic heterocycles. The number of aryl methyl sites for hydroxylation is 1. The molecule has 0 radical (unpaired) electrons. The van der Waals surface area contributed by atoms with Crippen LogP contribution < -0.4 is 15.8 Å². The van der Waals surface area contributed by atoms with E-state index in [-0.39, 0.29) is 5.82 Å². The number of rotatable bonds is 6. The van der Waals surface area contributed by atoms with Crippen LogP contribution >= 0.6 is 0 Å². The minimum atomic E-state index is -0.314. The number of hydrogen-bond acceptors (Lipinski definition) is 3. The fourth-order valence-corrected chi connectivity index (χ4v) is 2.46. The van der Waals surface area contributed by atoms with Gasteiger partial charge in [-0.2, -0.15) is 0 Å². The van der Waals surface area contributed by atoms with Crippen molar-refractivity contribution in [2.45, 2.75) is 19.9 Å². The summed E-state index contributed by atoms with van der Waals surface area (Å²) < 4.78 is 18.6. The zero-order valence-corrected chi connectivity index (χ0v) is 15.0. The smallest absolute Gasteiger partial charge is 0.219 e. The van der Waals surface area contributed by atoms with Gasteiger partial charge in [0.2, 0.25) is 5.88 Å². The normalized spacial score (nSPS) is 11.3. The molecule has 3 aromatic rings. The summed E-state index contributed by atoms with van der Waals surface area (Å²) in [4.78, 5) is 8.52. The summed E-state index contributed by atoms with van der Waals surface area (Å²) in [6.45, 7) is 2.49. The molecule has 5 nitrogen and oxygen atoms in total.